The van der Waals surface area contributed by atoms with E-state index in [4.69, 9.17) is 4.74 Å². The highest BCUT2D eigenvalue weighted by Gasteiger charge is 2.19. The first kappa shape index (κ1) is 18.1. The molecule has 0 atom stereocenters. The van der Waals surface area contributed by atoms with Crippen LogP contribution in [0.2, 0.25) is 0 Å². The number of hydrogen-bond acceptors (Lipinski definition) is 6. The average molecular weight is 346 g/mol. The summed E-state index contributed by atoms with van der Waals surface area (Å²) in [6.07, 6.45) is 1.53. The first-order chi connectivity index (χ1) is 11.8. The molecular weight excluding hydrogens is 328 g/mol. The minimum absolute atomic E-state index is 0.0190. The van der Waals surface area contributed by atoms with E-state index in [9.17, 15) is 19.7 Å². The third kappa shape index (κ3) is 4.19. The lowest BCUT2D eigenvalue weighted by Crippen LogP contribution is -2.17. The summed E-state index contributed by atoms with van der Waals surface area (Å²) >= 11 is 0. The van der Waals surface area contributed by atoms with E-state index in [1.807, 2.05) is 13.8 Å². The number of aromatic nitrogens is 2. The molecule has 1 aromatic carbocycles. The highest BCUT2D eigenvalue weighted by molar-refractivity contribution is 6.06. The number of rotatable bonds is 6. The number of amides is 1. The van der Waals surface area contributed by atoms with Gasteiger partial charge in [-0.15, -0.1) is 0 Å². The quantitative estimate of drug-likeness (QED) is 0.488. The van der Waals surface area contributed by atoms with Crippen molar-refractivity contribution in [3.8, 4) is 0 Å². The normalized spacial score (nSPS) is 10.6. The minimum Gasteiger partial charge on any atom is -0.462 e. The third-order valence-electron chi connectivity index (χ3n) is 3.30. The molecule has 0 bridgehead atoms. The summed E-state index contributed by atoms with van der Waals surface area (Å²) in [5, 5.41) is 17.8. The topological polar surface area (TPSA) is 116 Å². The lowest BCUT2D eigenvalue weighted by molar-refractivity contribution is -0.384. The minimum atomic E-state index is -0.729. The first-order valence-electron chi connectivity index (χ1n) is 7.65. The SMILES string of the molecule is CCOC(=O)c1cc(C(=O)Nc2ccnn2C(C)C)cc([N+](=O)[O-])c1. The largest absolute Gasteiger partial charge is 0.462 e. The molecule has 0 saturated carbocycles. The van der Waals surface area contributed by atoms with Crippen LogP contribution < -0.4 is 5.32 Å². The van der Waals surface area contributed by atoms with Crippen molar-refractivity contribution in [1.82, 2.24) is 9.78 Å². The van der Waals surface area contributed by atoms with E-state index in [0.29, 0.717) is 5.82 Å². The summed E-state index contributed by atoms with van der Waals surface area (Å²) in [6, 6.07) is 5.07. The summed E-state index contributed by atoms with van der Waals surface area (Å²) in [6.45, 7) is 5.54. The summed E-state index contributed by atoms with van der Waals surface area (Å²) in [4.78, 5) is 34.7. The molecule has 1 amide bonds. The van der Waals surface area contributed by atoms with Gasteiger partial charge < -0.3 is 10.1 Å². The van der Waals surface area contributed by atoms with Crippen LogP contribution in [0, 0.1) is 10.1 Å². The van der Waals surface area contributed by atoms with Crippen molar-refractivity contribution in [2.24, 2.45) is 0 Å². The monoisotopic (exact) mass is 346 g/mol. The fraction of sp³-hybridized carbons (Fsp3) is 0.312. The van der Waals surface area contributed by atoms with Crippen LogP contribution in [0.3, 0.4) is 0 Å². The van der Waals surface area contributed by atoms with Crippen LogP contribution >= 0.6 is 0 Å². The van der Waals surface area contributed by atoms with Crippen molar-refractivity contribution in [2.45, 2.75) is 26.8 Å². The van der Waals surface area contributed by atoms with Crippen LogP contribution in [0.25, 0.3) is 0 Å². The van der Waals surface area contributed by atoms with Gasteiger partial charge in [-0.1, -0.05) is 0 Å². The van der Waals surface area contributed by atoms with Crippen LogP contribution in [-0.2, 0) is 4.74 Å². The molecule has 9 nitrogen and oxygen atoms in total. The Kier molecular flexibility index (Phi) is 5.48. The number of ether oxygens (including phenoxy) is 1. The molecule has 0 unspecified atom stereocenters. The summed E-state index contributed by atoms with van der Waals surface area (Å²) in [5.41, 5.74) is -0.444. The Hall–Kier alpha value is -3.23. The van der Waals surface area contributed by atoms with Gasteiger partial charge >= 0.3 is 5.97 Å². The molecule has 2 rings (SSSR count). The Balaban J connectivity index is 2.36. The maximum Gasteiger partial charge on any atom is 0.338 e. The lowest BCUT2D eigenvalue weighted by Gasteiger charge is -2.12. The maximum atomic E-state index is 12.5. The smallest absolute Gasteiger partial charge is 0.338 e. The number of hydrogen-bond donors (Lipinski definition) is 1. The molecule has 1 N–H and O–H groups in total. The van der Waals surface area contributed by atoms with Crippen molar-refractivity contribution in [2.75, 3.05) is 11.9 Å². The molecule has 2 aromatic rings. The van der Waals surface area contributed by atoms with Gasteiger partial charge in [0.1, 0.15) is 5.82 Å². The molecule has 0 fully saturated rings. The zero-order valence-electron chi connectivity index (χ0n) is 14.1. The Morgan fingerprint density at radius 1 is 1.32 bits per heavy atom. The summed E-state index contributed by atoms with van der Waals surface area (Å²) < 4.78 is 6.45. The van der Waals surface area contributed by atoms with Gasteiger partial charge in [-0.2, -0.15) is 5.10 Å². The van der Waals surface area contributed by atoms with Crippen molar-refractivity contribution in [3.05, 3.63) is 51.7 Å². The number of nitrogens with one attached hydrogen (secondary N) is 1. The Bertz CT molecular complexity index is 813. The van der Waals surface area contributed by atoms with Crippen molar-refractivity contribution < 1.29 is 19.2 Å². The second-order valence-corrected chi connectivity index (χ2v) is 5.46. The second kappa shape index (κ2) is 7.56. The molecule has 1 aromatic heterocycles. The number of non-ortho nitro benzene ring substituents is 1. The van der Waals surface area contributed by atoms with Gasteiger partial charge in [-0.25, -0.2) is 9.48 Å². The van der Waals surface area contributed by atoms with E-state index in [0.717, 1.165) is 12.1 Å². The predicted molar refractivity (Wildman–Crippen MR) is 89.6 cm³/mol. The van der Waals surface area contributed by atoms with Gasteiger partial charge in [0.15, 0.2) is 0 Å². The van der Waals surface area contributed by atoms with Crippen molar-refractivity contribution in [1.29, 1.82) is 0 Å². The number of nitro benzene ring substituents is 1. The van der Waals surface area contributed by atoms with E-state index in [1.165, 1.54) is 12.3 Å². The molecule has 0 aliphatic heterocycles. The number of carbonyl (C=O) groups excluding carboxylic acids is 2. The zero-order chi connectivity index (χ0) is 18.6. The van der Waals surface area contributed by atoms with E-state index >= 15 is 0 Å². The number of carbonyl (C=O) groups is 2. The van der Waals surface area contributed by atoms with Gasteiger partial charge in [0, 0.05) is 29.8 Å². The lowest BCUT2D eigenvalue weighted by atomic mass is 10.1. The summed E-state index contributed by atoms with van der Waals surface area (Å²) in [7, 11) is 0. The van der Waals surface area contributed by atoms with Crippen LogP contribution in [0.4, 0.5) is 11.5 Å². The molecular formula is C16H18N4O5. The molecule has 0 spiro atoms. The number of benzene rings is 1. The second-order valence-electron chi connectivity index (χ2n) is 5.46. The van der Waals surface area contributed by atoms with Gasteiger partial charge in [-0.3, -0.25) is 14.9 Å². The average Bonchev–Trinajstić information content (AvgIpc) is 3.03. The number of nitro groups is 1. The molecule has 0 radical (unpaired) electrons. The number of esters is 1. The Morgan fingerprint density at radius 3 is 2.60 bits per heavy atom. The van der Waals surface area contributed by atoms with Gasteiger partial charge in [0.2, 0.25) is 0 Å². The van der Waals surface area contributed by atoms with Gasteiger partial charge in [-0.05, 0) is 26.8 Å². The highest BCUT2D eigenvalue weighted by atomic mass is 16.6. The molecule has 0 aliphatic rings. The number of nitrogens with zero attached hydrogens (tertiary/aromatic N) is 3. The molecule has 9 heteroatoms. The molecule has 25 heavy (non-hydrogen) atoms. The van der Waals surface area contributed by atoms with Crippen LogP contribution in [0.1, 0.15) is 47.5 Å². The van der Waals surface area contributed by atoms with Gasteiger partial charge in [0.05, 0.1) is 23.3 Å². The third-order valence-corrected chi connectivity index (χ3v) is 3.30. The molecule has 1 heterocycles. The van der Waals surface area contributed by atoms with Crippen LogP contribution in [-0.4, -0.2) is 33.2 Å². The fourth-order valence-corrected chi connectivity index (χ4v) is 2.19. The molecule has 132 valence electrons. The van der Waals surface area contributed by atoms with Crippen LogP contribution in [0.15, 0.2) is 30.5 Å². The van der Waals surface area contributed by atoms with Gasteiger partial charge in [0.25, 0.3) is 11.6 Å². The predicted octanol–water partition coefficient (Wildman–Crippen LogP) is 2.80. The van der Waals surface area contributed by atoms with E-state index in [-0.39, 0.29) is 29.5 Å². The Labute approximate surface area is 143 Å². The molecule has 0 aliphatic carbocycles. The van der Waals surface area contributed by atoms with Crippen LogP contribution in [0.5, 0.6) is 0 Å². The highest BCUT2D eigenvalue weighted by Crippen LogP contribution is 2.20. The number of anilines is 1. The standard InChI is InChI=1S/C16H18N4O5/c1-4-25-16(22)12-7-11(8-13(9-12)20(23)24)15(21)18-14-5-6-17-19(14)10(2)3/h5-10H,4H2,1-3H3,(H,18,21). The van der Waals surface area contributed by atoms with Crippen molar-refractivity contribution >= 4 is 23.4 Å². The fourth-order valence-electron chi connectivity index (χ4n) is 2.19. The van der Waals surface area contributed by atoms with E-state index < -0.39 is 16.8 Å². The maximum absolute atomic E-state index is 12.5. The van der Waals surface area contributed by atoms with E-state index in [1.54, 1.807) is 17.7 Å². The van der Waals surface area contributed by atoms with Crippen molar-refractivity contribution in [3.63, 3.8) is 0 Å². The zero-order valence-corrected chi connectivity index (χ0v) is 14.1. The Morgan fingerprint density at radius 2 is 2.00 bits per heavy atom. The molecule has 0 saturated heterocycles. The summed E-state index contributed by atoms with van der Waals surface area (Å²) in [5.74, 6) is -0.867. The first-order valence-corrected chi connectivity index (χ1v) is 7.65. The van der Waals surface area contributed by atoms with E-state index in [2.05, 4.69) is 10.4 Å².